The molecular formula is C33H53Cl2N. The lowest BCUT2D eigenvalue weighted by Gasteiger charge is -2.39. The molecule has 0 heterocycles. The first kappa shape index (κ1) is 33.0. The van der Waals surface area contributed by atoms with Gasteiger partial charge in [0.25, 0.3) is 0 Å². The summed E-state index contributed by atoms with van der Waals surface area (Å²) in [5.74, 6) is 0.752. The molecule has 204 valence electrons. The Balaban J connectivity index is 0.00000648. The summed E-state index contributed by atoms with van der Waals surface area (Å²) in [4.78, 5) is 0. The van der Waals surface area contributed by atoms with Gasteiger partial charge in [0.2, 0.25) is 0 Å². The van der Waals surface area contributed by atoms with Crippen molar-refractivity contribution in [3.8, 4) is 0 Å². The molecule has 0 fully saturated rings. The molecule has 2 rings (SSSR count). The van der Waals surface area contributed by atoms with Crippen LogP contribution in [0.3, 0.4) is 0 Å². The van der Waals surface area contributed by atoms with Gasteiger partial charge in [0.1, 0.15) is 13.1 Å². The van der Waals surface area contributed by atoms with Gasteiger partial charge in [-0.15, -0.1) is 11.6 Å². The molecule has 2 aromatic carbocycles. The SMILES string of the molecule is CCCCCCCCCCCCCCCC[N+](CCCCl)(Cc1ccccc1)Cc1ccccc1.[Cl-]. The number of hydrogen-bond donors (Lipinski definition) is 0. The summed E-state index contributed by atoms with van der Waals surface area (Å²) in [6.45, 7) is 6.91. The largest absolute Gasteiger partial charge is 1.00 e. The standard InChI is InChI=1S/C33H53ClN.ClH/c1-2-3-4-5-6-7-8-9-10-11-12-13-14-21-28-35(29-22-27-34,30-32-23-17-15-18-24-32)31-33-25-19-16-20-26-33;/h15-20,23-26H,2-14,21-22,27-31H2,1H3;1H/q+1;/p-1. The Kier molecular flexibility index (Phi) is 20.2. The molecule has 0 spiro atoms. The maximum atomic E-state index is 6.20. The fourth-order valence-corrected chi connectivity index (χ4v) is 5.58. The van der Waals surface area contributed by atoms with E-state index >= 15 is 0 Å². The van der Waals surface area contributed by atoms with E-state index in [1.807, 2.05) is 0 Å². The van der Waals surface area contributed by atoms with E-state index < -0.39 is 0 Å². The van der Waals surface area contributed by atoms with Crippen LogP contribution in [0, 0.1) is 0 Å². The minimum Gasteiger partial charge on any atom is -1.00 e. The number of rotatable bonds is 22. The van der Waals surface area contributed by atoms with E-state index in [-0.39, 0.29) is 12.4 Å². The van der Waals surface area contributed by atoms with Crippen LogP contribution in [0.2, 0.25) is 0 Å². The van der Waals surface area contributed by atoms with Crippen LogP contribution < -0.4 is 12.4 Å². The second-order valence-corrected chi connectivity index (χ2v) is 11.1. The van der Waals surface area contributed by atoms with Crippen molar-refractivity contribution in [1.82, 2.24) is 0 Å². The normalized spacial score (nSPS) is 11.4. The van der Waals surface area contributed by atoms with Gasteiger partial charge >= 0.3 is 0 Å². The summed E-state index contributed by atoms with van der Waals surface area (Å²) in [5.41, 5.74) is 2.90. The Morgan fingerprint density at radius 2 is 0.861 bits per heavy atom. The highest BCUT2D eigenvalue weighted by Gasteiger charge is 2.27. The van der Waals surface area contributed by atoms with E-state index in [2.05, 4.69) is 67.6 Å². The Hall–Kier alpha value is -1.02. The van der Waals surface area contributed by atoms with Crippen LogP contribution in [-0.4, -0.2) is 23.5 Å². The van der Waals surface area contributed by atoms with Crippen molar-refractivity contribution in [2.24, 2.45) is 0 Å². The Morgan fingerprint density at radius 1 is 0.500 bits per heavy atom. The number of benzene rings is 2. The number of unbranched alkanes of at least 4 members (excludes halogenated alkanes) is 13. The molecule has 0 amide bonds. The van der Waals surface area contributed by atoms with Crippen LogP contribution in [0.25, 0.3) is 0 Å². The monoisotopic (exact) mass is 533 g/mol. The van der Waals surface area contributed by atoms with Crippen LogP contribution in [0.1, 0.15) is 114 Å². The number of hydrogen-bond acceptors (Lipinski definition) is 0. The average Bonchev–Trinajstić information content (AvgIpc) is 2.89. The van der Waals surface area contributed by atoms with E-state index in [0.717, 1.165) is 36.4 Å². The number of alkyl halides is 1. The fourth-order valence-electron chi connectivity index (χ4n) is 5.46. The second kappa shape index (κ2) is 22.0. The zero-order chi connectivity index (χ0) is 24.9. The van der Waals surface area contributed by atoms with E-state index in [4.69, 9.17) is 11.6 Å². The van der Waals surface area contributed by atoms with Crippen molar-refractivity contribution in [2.75, 3.05) is 19.0 Å². The van der Waals surface area contributed by atoms with Crippen LogP contribution in [0.5, 0.6) is 0 Å². The van der Waals surface area contributed by atoms with Crippen molar-refractivity contribution < 1.29 is 16.9 Å². The molecule has 0 aliphatic heterocycles. The highest BCUT2D eigenvalue weighted by molar-refractivity contribution is 6.17. The highest BCUT2D eigenvalue weighted by Crippen LogP contribution is 2.23. The molecule has 0 atom stereocenters. The minimum atomic E-state index is 0. The summed E-state index contributed by atoms with van der Waals surface area (Å²) < 4.78 is 1.12. The van der Waals surface area contributed by atoms with Gasteiger partial charge in [-0.05, 0) is 12.8 Å². The third-order valence-corrected chi connectivity index (χ3v) is 7.74. The predicted molar refractivity (Wildman–Crippen MR) is 156 cm³/mol. The zero-order valence-electron chi connectivity index (χ0n) is 23.1. The molecule has 0 bridgehead atoms. The fraction of sp³-hybridized carbons (Fsp3) is 0.636. The molecule has 0 aliphatic carbocycles. The summed E-state index contributed by atoms with van der Waals surface area (Å²) in [7, 11) is 0. The topological polar surface area (TPSA) is 0 Å². The first-order chi connectivity index (χ1) is 17.3. The molecule has 0 saturated heterocycles. The quantitative estimate of drug-likeness (QED) is 0.0844. The maximum absolute atomic E-state index is 6.20. The molecule has 0 N–H and O–H groups in total. The van der Waals surface area contributed by atoms with E-state index in [1.54, 1.807) is 0 Å². The minimum absolute atomic E-state index is 0. The zero-order valence-corrected chi connectivity index (χ0v) is 24.6. The van der Waals surface area contributed by atoms with E-state index in [0.29, 0.717) is 0 Å². The van der Waals surface area contributed by atoms with Gasteiger partial charge in [0.05, 0.1) is 13.1 Å². The van der Waals surface area contributed by atoms with Gasteiger partial charge in [-0.2, -0.15) is 0 Å². The first-order valence-electron chi connectivity index (χ1n) is 14.8. The van der Waals surface area contributed by atoms with Crippen molar-refractivity contribution in [1.29, 1.82) is 0 Å². The van der Waals surface area contributed by atoms with Gasteiger partial charge in [-0.3, -0.25) is 0 Å². The van der Waals surface area contributed by atoms with Gasteiger partial charge in [-0.1, -0.05) is 145 Å². The van der Waals surface area contributed by atoms with Crippen molar-refractivity contribution >= 4 is 11.6 Å². The predicted octanol–water partition coefficient (Wildman–Crippen LogP) is 7.32. The molecule has 0 aromatic heterocycles. The molecule has 36 heavy (non-hydrogen) atoms. The van der Waals surface area contributed by atoms with Crippen molar-refractivity contribution in [2.45, 2.75) is 116 Å². The molecule has 0 saturated carbocycles. The van der Waals surface area contributed by atoms with Crippen molar-refractivity contribution in [3.63, 3.8) is 0 Å². The van der Waals surface area contributed by atoms with Crippen molar-refractivity contribution in [3.05, 3.63) is 71.8 Å². The molecule has 1 nitrogen and oxygen atoms in total. The smallest absolute Gasteiger partial charge is 0.105 e. The molecule has 0 unspecified atom stereocenters. The lowest BCUT2D eigenvalue weighted by Crippen LogP contribution is -3.00. The Labute approximate surface area is 235 Å². The number of quaternary nitrogens is 1. The average molecular weight is 535 g/mol. The third-order valence-electron chi connectivity index (χ3n) is 7.47. The van der Waals surface area contributed by atoms with Crippen LogP contribution >= 0.6 is 11.6 Å². The second-order valence-electron chi connectivity index (χ2n) is 10.7. The molecule has 0 radical (unpaired) electrons. The lowest BCUT2D eigenvalue weighted by molar-refractivity contribution is -0.953. The maximum Gasteiger partial charge on any atom is 0.105 e. The van der Waals surface area contributed by atoms with E-state index in [9.17, 15) is 0 Å². The van der Waals surface area contributed by atoms with Crippen LogP contribution in [0.4, 0.5) is 0 Å². The molecule has 0 aliphatic rings. The van der Waals surface area contributed by atoms with Gasteiger partial charge < -0.3 is 16.9 Å². The van der Waals surface area contributed by atoms with Gasteiger partial charge in [0.15, 0.2) is 0 Å². The van der Waals surface area contributed by atoms with E-state index in [1.165, 1.54) is 108 Å². The summed E-state index contributed by atoms with van der Waals surface area (Å²) >= 11 is 6.20. The highest BCUT2D eigenvalue weighted by atomic mass is 35.5. The lowest BCUT2D eigenvalue weighted by atomic mass is 10.0. The van der Waals surface area contributed by atoms with Crippen LogP contribution in [-0.2, 0) is 13.1 Å². The van der Waals surface area contributed by atoms with Gasteiger partial charge in [0, 0.05) is 23.4 Å². The summed E-state index contributed by atoms with van der Waals surface area (Å²) in [6.07, 6.45) is 20.9. The van der Waals surface area contributed by atoms with Gasteiger partial charge in [-0.25, -0.2) is 0 Å². The molecule has 3 heteroatoms. The molecular weight excluding hydrogens is 481 g/mol. The first-order valence-corrected chi connectivity index (χ1v) is 15.3. The summed E-state index contributed by atoms with van der Waals surface area (Å²) in [5, 5.41) is 0. The number of nitrogens with zero attached hydrogens (tertiary/aromatic N) is 1. The Bertz CT molecular complexity index is 677. The van der Waals surface area contributed by atoms with Crippen LogP contribution in [0.15, 0.2) is 60.7 Å². The summed E-state index contributed by atoms with van der Waals surface area (Å²) in [6, 6.07) is 22.2. The third kappa shape index (κ3) is 15.3. The Morgan fingerprint density at radius 3 is 1.25 bits per heavy atom. The number of halogens is 2. The molecule has 2 aromatic rings.